The number of phenols is 1. The molecule has 2 aromatic carbocycles. The summed E-state index contributed by atoms with van der Waals surface area (Å²) in [5.74, 6) is 0.208. The molecule has 0 aliphatic carbocycles. The van der Waals surface area contributed by atoms with E-state index in [2.05, 4.69) is 10.1 Å². The van der Waals surface area contributed by atoms with Gasteiger partial charge in [-0.1, -0.05) is 36.4 Å². The minimum atomic E-state index is 0.0212. The lowest BCUT2D eigenvalue weighted by Gasteiger charge is -2.05. The number of fused-ring (bicyclic) bond motifs is 1. The first-order chi connectivity index (χ1) is 11.7. The van der Waals surface area contributed by atoms with Crippen molar-refractivity contribution in [1.82, 2.24) is 14.6 Å². The molecular formula is C19H15N3O2. The molecule has 24 heavy (non-hydrogen) atoms. The standard InChI is InChI=1S/C19H15N3O2/c23-12-13-4-6-14(7-5-13)18-11-20-19-9-8-17(21-22(18)19)15-2-1-3-16(24)10-15/h1-11,23-24H,12H2. The highest BCUT2D eigenvalue weighted by atomic mass is 16.3. The molecule has 0 aliphatic heterocycles. The van der Waals surface area contributed by atoms with Gasteiger partial charge in [-0.05, 0) is 29.8 Å². The second-order valence-corrected chi connectivity index (χ2v) is 5.54. The van der Waals surface area contributed by atoms with Gasteiger partial charge >= 0.3 is 0 Å². The van der Waals surface area contributed by atoms with Crippen molar-refractivity contribution in [3.63, 3.8) is 0 Å². The summed E-state index contributed by atoms with van der Waals surface area (Å²) < 4.78 is 1.79. The molecule has 2 heterocycles. The Hall–Kier alpha value is -3.18. The van der Waals surface area contributed by atoms with E-state index in [1.165, 1.54) is 0 Å². The fraction of sp³-hybridized carbons (Fsp3) is 0.0526. The number of aromatic hydroxyl groups is 1. The molecule has 0 fully saturated rings. The molecule has 118 valence electrons. The average Bonchev–Trinajstić information content (AvgIpc) is 3.05. The van der Waals surface area contributed by atoms with E-state index >= 15 is 0 Å². The summed E-state index contributed by atoms with van der Waals surface area (Å²) in [5, 5.41) is 23.5. The van der Waals surface area contributed by atoms with Gasteiger partial charge in [0.15, 0.2) is 5.65 Å². The van der Waals surface area contributed by atoms with Crippen molar-refractivity contribution in [2.45, 2.75) is 6.61 Å². The normalized spacial score (nSPS) is 11.0. The van der Waals surface area contributed by atoms with Crippen LogP contribution in [0.1, 0.15) is 5.56 Å². The first-order valence-corrected chi connectivity index (χ1v) is 7.59. The molecular weight excluding hydrogens is 302 g/mol. The minimum Gasteiger partial charge on any atom is -0.508 e. The number of hydrogen-bond donors (Lipinski definition) is 2. The Kier molecular flexibility index (Phi) is 3.48. The number of benzene rings is 2. The highest BCUT2D eigenvalue weighted by Gasteiger charge is 2.09. The minimum absolute atomic E-state index is 0.0212. The summed E-state index contributed by atoms with van der Waals surface area (Å²) in [5.41, 5.74) is 5.05. The first kappa shape index (κ1) is 14.4. The number of nitrogens with zero attached hydrogens (tertiary/aromatic N) is 3. The number of hydrogen-bond acceptors (Lipinski definition) is 4. The van der Waals surface area contributed by atoms with Gasteiger partial charge in [0.25, 0.3) is 0 Å². The highest BCUT2D eigenvalue weighted by Crippen LogP contribution is 2.25. The maximum atomic E-state index is 9.66. The largest absolute Gasteiger partial charge is 0.508 e. The van der Waals surface area contributed by atoms with Crippen LogP contribution in [0.25, 0.3) is 28.2 Å². The maximum absolute atomic E-state index is 9.66. The molecule has 0 unspecified atom stereocenters. The van der Waals surface area contributed by atoms with Gasteiger partial charge in [0.1, 0.15) is 5.75 Å². The van der Waals surface area contributed by atoms with Crippen LogP contribution in [-0.2, 0) is 6.61 Å². The number of aromatic nitrogens is 3. The van der Waals surface area contributed by atoms with Crippen LogP contribution in [0, 0.1) is 0 Å². The molecule has 2 N–H and O–H groups in total. The molecule has 0 spiro atoms. The van der Waals surface area contributed by atoms with E-state index in [4.69, 9.17) is 5.11 Å². The lowest BCUT2D eigenvalue weighted by Crippen LogP contribution is -1.96. The Morgan fingerprint density at radius 1 is 0.917 bits per heavy atom. The zero-order valence-corrected chi connectivity index (χ0v) is 12.8. The Morgan fingerprint density at radius 3 is 2.50 bits per heavy atom. The second-order valence-electron chi connectivity index (χ2n) is 5.54. The van der Waals surface area contributed by atoms with Crippen LogP contribution in [0.5, 0.6) is 5.75 Å². The highest BCUT2D eigenvalue weighted by molar-refractivity contribution is 5.66. The molecule has 4 rings (SSSR count). The smallest absolute Gasteiger partial charge is 0.154 e. The van der Waals surface area contributed by atoms with E-state index in [9.17, 15) is 5.11 Å². The summed E-state index contributed by atoms with van der Waals surface area (Å²) in [4.78, 5) is 4.39. The lowest BCUT2D eigenvalue weighted by molar-refractivity contribution is 0.282. The predicted molar refractivity (Wildman–Crippen MR) is 91.4 cm³/mol. The Bertz CT molecular complexity index is 1010. The molecule has 0 saturated heterocycles. The first-order valence-electron chi connectivity index (χ1n) is 7.59. The van der Waals surface area contributed by atoms with Gasteiger partial charge in [-0.2, -0.15) is 5.10 Å². The Labute approximate surface area is 138 Å². The number of aliphatic hydroxyl groups is 1. The van der Waals surface area contributed by atoms with Gasteiger partial charge in [-0.15, -0.1) is 0 Å². The van der Waals surface area contributed by atoms with Crippen LogP contribution in [0.15, 0.2) is 66.9 Å². The second kappa shape index (κ2) is 5.79. The van der Waals surface area contributed by atoms with Gasteiger partial charge in [0.05, 0.1) is 24.2 Å². The van der Waals surface area contributed by atoms with E-state index in [0.29, 0.717) is 0 Å². The molecule has 0 aliphatic rings. The molecule has 5 heteroatoms. The van der Waals surface area contributed by atoms with Crippen molar-refractivity contribution in [2.24, 2.45) is 0 Å². The third kappa shape index (κ3) is 2.51. The van der Waals surface area contributed by atoms with Crippen molar-refractivity contribution in [3.8, 4) is 28.3 Å². The summed E-state index contributed by atoms with van der Waals surface area (Å²) in [6, 6.07) is 18.4. The SMILES string of the molecule is OCc1ccc(-c2cnc3ccc(-c4cccc(O)c4)nn23)cc1. The van der Waals surface area contributed by atoms with Crippen molar-refractivity contribution >= 4 is 5.65 Å². The molecule has 0 amide bonds. The van der Waals surface area contributed by atoms with Crippen LogP contribution < -0.4 is 0 Å². The zero-order chi connectivity index (χ0) is 16.5. The zero-order valence-electron chi connectivity index (χ0n) is 12.8. The lowest BCUT2D eigenvalue weighted by atomic mass is 10.1. The Morgan fingerprint density at radius 2 is 1.75 bits per heavy atom. The van der Waals surface area contributed by atoms with Crippen molar-refractivity contribution in [2.75, 3.05) is 0 Å². The fourth-order valence-corrected chi connectivity index (χ4v) is 2.67. The van der Waals surface area contributed by atoms with Crippen LogP contribution in [-0.4, -0.2) is 24.8 Å². The molecule has 0 radical (unpaired) electrons. The van der Waals surface area contributed by atoms with Crippen LogP contribution in [0.3, 0.4) is 0 Å². The molecule has 0 atom stereocenters. The molecule has 0 saturated carbocycles. The summed E-state index contributed by atoms with van der Waals surface area (Å²) in [7, 11) is 0. The van der Waals surface area contributed by atoms with Gasteiger partial charge in [0.2, 0.25) is 0 Å². The van der Waals surface area contributed by atoms with Gasteiger partial charge < -0.3 is 10.2 Å². The fourth-order valence-electron chi connectivity index (χ4n) is 2.67. The van der Waals surface area contributed by atoms with Crippen molar-refractivity contribution in [3.05, 3.63) is 72.4 Å². The molecule has 5 nitrogen and oxygen atoms in total. The van der Waals surface area contributed by atoms with Gasteiger partial charge in [-0.25, -0.2) is 9.50 Å². The van der Waals surface area contributed by atoms with E-state index in [-0.39, 0.29) is 12.4 Å². The van der Waals surface area contributed by atoms with Crippen LogP contribution >= 0.6 is 0 Å². The number of phenolic OH excluding ortho intramolecular Hbond substituents is 1. The molecule has 2 aromatic heterocycles. The number of rotatable bonds is 3. The quantitative estimate of drug-likeness (QED) is 0.608. The van der Waals surface area contributed by atoms with Crippen LogP contribution in [0.2, 0.25) is 0 Å². The van der Waals surface area contributed by atoms with E-state index < -0.39 is 0 Å². The topological polar surface area (TPSA) is 70.7 Å². The predicted octanol–water partition coefficient (Wildman–Crippen LogP) is 3.26. The van der Waals surface area contributed by atoms with E-state index in [0.717, 1.165) is 33.7 Å². The van der Waals surface area contributed by atoms with E-state index in [1.807, 2.05) is 42.5 Å². The number of imidazole rings is 1. The molecule has 0 bridgehead atoms. The van der Waals surface area contributed by atoms with Gasteiger partial charge in [-0.3, -0.25) is 0 Å². The summed E-state index contributed by atoms with van der Waals surface area (Å²) in [6.45, 7) is 0.0212. The third-order valence-corrected chi connectivity index (χ3v) is 3.94. The van der Waals surface area contributed by atoms with Crippen molar-refractivity contribution in [1.29, 1.82) is 0 Å². The third-order valence-electron chi connectivity index (χ3n) is 3.94. The monoisotopic (exact) mass is 317 g/mol. The molecule has 4 aromatic rings. The van der Waals surface area contributed by atoms with Crippen molar-refractivity contribution < 1.29 is 10.2 Å². The maximum Gasteiger partial charge on any atom is 0.154 e. The van der Waals surface area contributed by atoms with Crippen LogP contribution in [0.4, 0.5) is 0 Å². The summed E-state index contributed by atoms with van der Waals surface area (Å²) >= 11 is 0. The average molecular weight is 317 g/mol. The number of aliphatic hydroxyl groups excluding tert-OH is 1. The Balaban J connectivity index is 1.83. The van der Waals surface area contributed by atoms with Gasteiger partial charge in [0, 0.05) is 11.1 Å². The summed E-state index contributed by atoms with van der Waals surface area (Å²) in [6.07, 6.45) is 1.78. The van der Waals surface area contributed by atoms with E-state index in [1.54, 1.807) is 28.9 Å².